The quantitative estimate of drug-likeness (QED) is 0.0272. The third kappa shape index (κ3) is 35.7. The molecule has 2 unspecified atom stereocenters. The number of hydrogen-bond acceptors (Lipinski definition) is 28. The molecule has 1 aromatic rings. The van der Waals surface area contributed by atoms with Crippen molar-refractivity contribution in [3.8, 4) is 0 Å². The van der Waals surface area contributed by atoms with Crippen LogP contribution >= 0.6 is 0 Å². The minimum atomic E-state index is -2.77. The molecule has 0 aliphatic carbocycles. The van der Waals surface area contributed by atoms with Crippen molar-refractivity contribution in [2.75, 3.05) is 69.6 Å². The first kappa shape index (κ1) is 126. The summed E-state index contributed by atoms with van der Waals surface area (Å²) in [5.74, 6) is -34.2. The number of fused-ring (bicyclic) bond motifs is 1. The molecule has 0 spiro atoms. The Morgan fingerprint density at radius 3 is 1.51 bits per heavy atom. The Balaban J connectivity index is 2.34. The predicted molar refractivity (Wildman–Crippen MR) is 522 cm³/mol. The minimum absolute atomic E-state index is 0.0104. The Hall–Kier alpha value is -14.1. The van der Waals surface area contributed by atoms with E-state index in [1.165, 1.54) is 56.2 Å². The highest BCUT2D eigenvalue weighted by molar-refractivity contribution is 6.04. The zero-order valence-corrected chi connectivity index (χ0v) is 87.6. The zero-order chi connectivity index (χ0) is 112. The number of primary amides is 5. The molecule has 1 aromatic carbocycles. The van der Waals surface area contributed by atoms with Gasteiger partial charge in [-0.05, 0) is 75.2 Å². The Bertz CT molecular complexity index is 4910. The van der Waals surface area contributed by atoms with E-state index in [4.69, 9.17) is 38.1 Å². The predicted octanol–water partition coefficient (Wildman–Crippen LogP) is -7.05. The molecule has 23 atom stereocenters. The Kier molecular flexibility index (Phi) is 49.7. The molecule has 52 heteroatoms. The van der Waals surface area contributed by atoms with E-state index in [2.05, 4.69) is 58.5 Å². The van der Waals surface area contributed by atoms with E-state index in [1.54, 1.807) is 105 Å². The van der Waals surface area contributed by atoms with Crippen LogP contribution in [0.25, 0.3) is 0 Å². The summed E-state index contributed by atoms with van der Waals surface area (Å²) in [5, 5.41) is 39.8. The standard InChI is InChI=1S/C94H152N24O28/c1-25-46(9)71-83(133)107-62-41-68(124)111-94(62,144)50(13)77(127)104-57(39-67(123)108-93(99)143)80(130)101-52(15)85(135)118(23)76(49(12)28-4)92(142)146-53(16)72(84(134)106-59(38-65(97)121)86(136)112(17)42-69(125)102-55(36-63(95)119)79(129)100-51(14)78(128)109-71)110-81(131)56(37-64(96)120)105-82(132)60(34-44(5)6)113(18)89(139)73(45(7)8)115(20)91(141)75(48(11)27-3)117(22)88(138)61(40-66(98)122)114(19)90(140)74(47(10)26-2)116(21)87(137)58(103-70(126)43-145-24)35-54-32-30-29-31-33-54/h29-33,44-53,55-62,71-76,144H,25-28,34-43H2,1-24H3,(H2,95,119)(H2,96,120)(H2,97,121)(H2,98,122)(H,100,129)(H,101,130)(H,102,125)(H,103,126)(H,104,127)(H,105,132)(H,106,134)(H,107,133)(H,109,128)(H,110,131)(H,111,124)(H3,99,108,123,143)/t46-,47-,48-,49+,50-,51+,52-,53-,55+,56+,57+,58-,59+,60+,61?,62+,71-,72+,73+,74+,75?,76-,94-/m1/s1. The number of nitrogens with zero attached hydrogens (tertiary/aromatic N) is 7. The maximum Gasteiger partial charge on any atom is 0.329 e. The van der Waals surface area contributed by atoms with Gasteiger partial charge in [-0.1, -0.05) is 139 Å². The van der Waals surface area contributed by atoms with Crippen molar-refractivity contribution in [2.45, 2.75) is 296 Å². The summed E-state index contributed by atoms with van der Waals surface area (Å²) in [7, 11) is 9.56. The first-order valence-electron chi connectivity index (χ1n) is 48.2. The number of amides is 25. The summed E-state index contributed by atoms with van der Waals surface area (Å²) in [4.78, 5) is 363. The number of carbonyl (C=O) groups excluding carboxylic acids is 25. The molecule has 3 rings (SSSR count). The summed E-state index contributed by atoms with van der Waals surface area (Å²) in [6, 6.07) is -21.3. The van der Waals surface area contributed by atoms with Crippen LogP contribution in [0, 0.1) is 41.4 Å². The highest BCUT2D eigenvalue weighted by atomic mass is 16.5. The van der Waals surface area contributed by atoms with Crippen LogP contribution in [0.1, 0.15) is 187 Å². The van der Waals surface area contributed by atoms with Gasteiger partial charge in [0.2, 0.25) is 136 Å². The van der Waals surface area contributed by atoms with Gasteiger partial charge in [0.15, 0.2) is 5.72 Å². The number of esters is 1. The number of aliphatic hydroxyl groups is 1. The summed E-state index contributed by atoms with van der Waals surface area (Å²) < 4.78 is 11.0. The van der Waals surface area contributed by atoms with Gasteiger partial charge in [0.05, 0.1) is 57.0 Å². The number of benzene rings is 1. The molecule has 2 aliphatic heterocycles. The third-order valence-corrected chi connectivity index (χ3v) is 26.2. The van der Waals surface area contributed by atoms with Gasteiger partial charge in [0.1, 0.15) is 103 Å². The Morgan fingerprint density at radius 2 is 1.01 bits per heavy atom. The van der Waals surface area contributed by atoms with E-state index in [1.807, 2.05) is 0 Å². The van der Waals surface area contributed by atoms with E-state index in [0.717, 1.165) is 71.2 Å². The van der Waals surface area contributed by atoms with Gasteiger partial charge in [-0.3, -0.25) is 116 Å². The van der Waals surface area contributed by atoms with Crippen LogP contribution in [0.15, 0.2) is 30.3 Å². The van der Waals surface area contributed by atoms with Crippen molar-refractivity contribution in [1.82, 2.24) is 98.1 Å². The van der Waals surface area contributed by atoms with Crippen molar-refractivity contribution >= 4 is 148 Å². The molecule has 816 valence electrons. The third-order valence-electron chi connectivity index (χ3n) is 26.2. The van der Waals surface area contributed by atoms with Gasteiger partial charge in [-0.25, -0.2) is 9.59 Å². The lowest BCUT2D eigenvalue weighted by molar-refractivity contribution is -0.163. The summed E-state index contributed by atoms with van der Waals surface area (Å²) in [6.07, 6.45) is -7.70. The molecule has 146 heavy (non-hydrogen) atoms. The van der Waals surface area contributed by atoms with E-state index < -0.39 is 349 Å². The van der Waals surface area contributed by atoms with Gasteiger partial charge in [0, 0.05) is 62.9 Å². The fourth-order valence-electron chi connectivity index (χ4n) is 16.9. The largest absolute Gasteiger partial charge is 0.458 e. The van der Waals surface area contributed by atoms with Gasteiger partial charge in [-0.15, -0.1) is 0 Å². The van der Waals surface area contributed by atoms with Crippen LogP contribution in [0.2, 0.25) is 0 Å². The average Bonchev–Trinajstić information content (AvgIpc) is 1.59. The van der Waals surface area contributed by atoms with Crippen molar-refractivity contribution in [1.29, 1.82) is 0 Å². The van der Waals surface area contributed by atoms with Crippen LogP contribution in [-0.2, 0) is 131 Å². The molecular formula is C94H152N24O28. The van der Waals surface area contributed by atoms with Crippen molar-refractivity contribution in [2.24, 2.45) is 70.1 Å². The van der Waals surface area contributed by atoms with Crippen molar-refractivity contribution in [3.05, 3.63) is 35.9 Å². The molecule has 0 aromatic heterocycles. The first-order chi connectivity index (χ1) is 67.8. The van der Waals surface area contributed by atoms with E-state index >= 15 is 38.4 Å². The zero-order valence-electron chi connectivity index (χ0n) is 87.6. The summed E-state index contributed by atoms with van der Waals surface area (Å²) in [5.41, 5.74) is 25.9. The summed E-state index contributed by atoms with van der Waals surface area (Å²) >= 11 is 0. The fraction of sp³-hybridized carbons (Fsp3) is 0.670. The lowest BCUT2D eigenvalue weighted by atomic mass is 9.89. The lowest BCUT2D eigenvalue weighted by Crippen LogP contribution is -2.65. The van der Waals surface area contributed by atoms with Gasteiger partial charge < -0.3 is 136 Å². The molecule has 0 bridgehead atoms. The van der Waals surface area contributed by atoms with Crippen molar-refractivity contribution in [3.63, 3.8) is 0 Å². The topological polar surface area (TPSA) is 763 Å². The van der Waals surface area contributed by atoms with Crippen LogP contribution in [-0.4, -0.2) is 365 Å². The smallest absolute Gasteiger partial charge is 0.329 e. The number of nitrogens with two attached hydrogens (primary N) is 5. The van der Waals surface area contributed by atoms with Crippen LogP contribution in [0.3, 0.4) is 0 Å². The second-order valence-corrected chi connectivity index (χ2v) is 38.4. The number of nitrogens with one attached hydrogen (secondary N) is 12. The van der Waals surface area contributed by atoms with E-state index in [9.17, 15) is 86.6 Å². The number of urea groups is 1. The number of rotatable bonds is 40. The van der Waals surface area contributed by atoms with Gasteiger partial charge >= 0.3 is 12.0 Å². The maximum atomic E-state index is 15.6. The van der Waals surface area contributed by atoms with Crippen LogP contribution in [0.4, 0.5) is 4.79 Å². The molecule has 52 nitrogen and oxygen atoms in total. The fourth-order valence-corrected chi connectivity index (χ4v) is 16.9. The number of hydrogen-bond donors (Lipinski definition) is 18. The van der Waals surface area contributed by atoms with Gasteiger partial charge in [-0.2, -0.15) is 0 Å². The highest BCUT2D eigenvalue weighted by Crippen LogP contribution is 2.31. The molecule has 2 saturated heterocycles. The number of carbonyl (C=O) groups is 25. The Labute approximate surface area is 848 Å². The second kappa shape index (κ2) is 57.5. The molecular weight excluding hydrogens is 1910 g/mol. The number of likely N-dealkylation sites (N-methyl/N-ethyl adjacent to an activating group) is 7. The van der Waals surface area contributed by atoms with E-state index in [0.29, 0.717) is 10.5 Å². The Morgan fingerprint density at radius 1 is 0.507 bits per heavy atom. The maximum absolute atomic E-state index is 15.6. The molecule has 25 amide bonds. The highest BCUT2D eigenvalue weighted by Gasteiger charge is 2.55. The summed E-state index contributed by atoms with van der Waals surface area (Å²) in [6.45, 7) is 21.9. The minimum Gasteiger partial charge on any atom is -0.458 e. The first-order valence-corrected chi connectivity index (χ1v) is 48.2. The van der Waals surface area contributed by atoms with E-state index in [-0.39, 0.29) is 38.5 Å². The van der Waals surface area contributed by atoms with Crippen molar-refractivity contribution < 1.29 is 134 Å². The monoisotopic (exact) mass is 2070 g/mol. The number of ether oxygens (including phenoxy) is 2. The average molecular weight is 2070 g/mol. The molecule has 2 heterocycles. The molecule has 0 saturated carbocycles. The number of cyclic esters (lactones) is 1. The lowest BCUT2D eigenvalue weighted by Gasteiger charge is -2.42. The molecule has 2 fully saturated rings. The number of methoxy groups -OCH3 is 1. The second-order valence-electron chi connectivity index (χ2n) is 38.4. The molecule has 2 aliphatic rings. The van der Waals surface area contributed by atoms with Crippen LogP contribution < -0.4 is 92.5 Å². The number of imide groups is 1. The van der Waals surface area contributed by atoms with Crippen LogP contribution in [0.5, 0.6) is 0 Å². The van der Waals surface area contributed by atoms with Gasteiger partial charge in [0.25, 0.3) is 0 Å². The molecule has 0 radical (unpaired) electrons. The SMILES string of the molecule is CC[C@@H](C)C(C(=O)N(C)[C@H](C(=O)N(C)[C@@H](CC(C)C)C(=O)N[C@@H](CC(N)=O)C(=O)N[C@@H]1C(=O)N[C@@H](CC(N)=O)C(=O)N(C)CC(=O)N[C@@H](CC(N)=O)C(=O)N[C@@H](C)C(=O)N[C@H]([C@H](C)CC)C(=O)N[C@H]2CC(=O)N[C@@]2(O)[C@H](C)C(=O)N[C@@H](CC(=O)NC(N)=O)C(=O)N[C@H](C)C(=O)N(C)[C@H]([C@@H](C)CC)C(=O)O[C@@H]1C)C(C)C)N(C)C(=O)C(CC(N)=O)N(C)C(=O)[C@H]([C@H](C)CC)N(C)C(=O)[C@@H](Cc1ccccc1)NC(=O)COC. The normalized spacial score (nSPS) is 23.4. The molecule has 23 N–H and O–H groups in total.